The summed E-state index contributed by atoms with van der Waals surface area (Å²) in [5.74, 6) is 0. The van der Waals surface area contributed by atoms with Crippen LogP contribution in [-0.2, 0) is 6.42 Å². The molecule has 15 heavy (non-hydrogen) atoms. The minimum atomic E-state index is 0.573. The first kappa shape index (κ1) is 12.5. The number of likely N-dealkylation sites (N-methyl/N-ethyl adjacent to an activating group) is 1. The van der Waals surface area contributed by atoms with Crippen LogP contribution in [0.25, 0.3) is 0 Å². The van der Waals surface area contributed by atoms with Crippen molar-refractivity contribution in [2.75, 3.05) is 7.05 Å². The first-order valence-corrected chi connectivity index (χ1v) is 6.05. The molecule has 0 aromatic heterocycles. The highest BCUT2D eigenvalue weighted by molar-refractivity contribution is 6.30. The zero-order valence-electron chi connectivity index (χ0n) is 9.59. The van der Waals surface area contributed by atoms with Gasteiger partial charge in [-0.15, -0.1) is 0 Å². The lowest BCUT2D eigenvalue weighted by atomic mass is 10.0. The van der Waals surface area contributed by atoms with E-state index >= 15 is 0 Å². The van der Waals surface area contributed by atoms with E-state index < -0.39 is 0 Å². The molecule has 1 nitrogen and oxygen atoms in total. The van der Waals surface area contributed by atoms with Crippen molar-refractivity contribution in [3.05, 3.63) is 34.9 Å². The van der Waals surface area contributed by atoms with E-state index in [9.17, 15) is 0 Å². The van der Waals surface area contributed by atoms with Gasteiger partial charge >= 0.3 is 0 Å². The highest BCUT2D eigenvalue weighted by atomic mass is 35.5. The summed E-state index contributed by atoms with van der Waals surface area (Å²) in [6, 6.07) is 8.71. The third-order valence-electron chi connectivity index (χ3n) is 2.69. The van der Waals surface area contributed by atoms with Crippen molar-refractivity contribution in [2.45, 2.75) is 38.6 Å². The Morgan fingerprint density at radius 2 is 2.20 bits per heavy atom. The van der Waals surface area contributed by atoms with Crippen LogP contribution in [0.2, 0.25) is 5.02 Å². The Kier molecular flexibility index (Phi) is 5.74. The van der Waals surface area contributed by atoms with E-state index in [4.69, 9.17) is 11.6 Å². The molecule has 0 radical (unpaired) electrons. The van der Waals surface area contributed by atoms with Gasteiger partial charge < -0.3 is 5.32 Å². The predicted molar refractivity (Wildman–Crippen MR) is 67.5 cm³/mol. The number of nitrogens with one attached hydrogen (secondary N) is 1. The predicted octanol–water partition coefficient (Wildman–Crippen LogP) is 3.66. The molecule has 1 atom stereocenters. The Hall–Kier alpha value is -0.530. The first-order chi connectivity index (χ1) is 7.26. The van der Waals surface area contributed by atoms with Crippen LogP contribution < -0.4 is 5.32 Å². The molecule has 1 N–H and O–H groups in total. The third kappa shape index (κ3) is 4.67. The van der Waals surface area contributed by atoms with E-state index in [1.807, 2.05) is 19.2 Å². The zero-order chi connectivity index (χ0) is 11.1. The second-order valence-corrected chi connectivity index (χ2v) is 4.40. The lowest BCUT2D eigenvalue weighted by Crippen LogP contribution is -2.27. The number of hydrogen-bond acceptors (Lipinski definition) is 1. The summed E-state index contributed by atoms with van der Waals surface area (Å²) >= 11 is 5.96. The third-order valence-corrected chi connectivity index (χ3v) is 2.92. The summed E-state index contributed by atoms with van der Waals surface area (Å²) in [5.41, 5.74) is 1.32. The quantitative estimate of drug-likeness (QED) is 0.779. The van der Waals surface area contributed by atoms with E-state index in [1.54, 1.807) is 0 Å². The largest absolute Gasteiger partial charge is 0.317 e. The van der Waals surface area contributed by atoms with Gasteiger partial charge in [-0.1, -0.05) is 43.5 Å². The molecular weight excluding hydrogens is 206 g/mol. The fourth-order valence-corrected chi connectivity index (χ4v) is 1.96. The van der Waals surface area contributed by atoms with Gasteiger partial charge in [0.2, 0.25) is 0 Å². The van der Waals surface area contributed by atoms with Gasteiger partial charge in [-0.3, -0.25) is 0 Å². The van der Waals surface area contributed by atoms with E-state index in [1.165, 1.54) is 24.8 Å². The number of benzene rings is 1. The van der Waals surface area contributed by atoms with Crippen LogP contribution >= 0.6 is 11.6 Å². The molecule has 0 heterocycles. The second-order valence-electron chi connectivity index (χ2n) is 3.96. The summed E-state index contributed by atoms with van der Waals surface area (Å²) in [6.45, 7) is 2.23. The van der Waals surface area contributed by atoms with Crippen molar-refractivity contribution in [2.24, 2.45) is 0 Å². The van der Waals surface area contributed by atoms with Crippen molar-refractivity contribution >= 4 is 11.6 Å². The molecule has 0 amide bonds. The fraction of sp³-hybridized carbons (Fsp3) is 0.538. The van der Waals surface area contributed by atoms with Crippen molar-refractivity contribution in [1.82, 2.24) is 5.32 Å². The molecule has 0 fully saturated rings. The van der Waals surface area contributed by atoms with Crippen LogP contribution in [0.1, 0.15) is 31.7 Å². The molecule has 0 bridgehead atoms. The SMILES string of the molecule is CCCCC(Cc1cccc(Cl)c1)NC. The summed E-state index contributed by atoms with van der Waals surface area (Å²) in [6.07, 6.45) is 4.84. The van der Waals surface area contributed by atoms with Gasteiger partial charge in [-0.25, -0.2) is 0 Å². The van der Waals surface area contributed by atoms with Gasteiger partial charge in [0.25, 0.3) is 0 Å². The van der Waals surface area contributed by atoms with Crippen molar-refractivity contribution < 1.29 is 0 Å². The van der Waals surface area contributed by atoms with Crippen LogP contribution in [0.4, 0.5) is 0 Å². The lowest BCUT2D eigenvalue weighted by molar-refractivity contribution is 0.498. The Balaban J connectivity index is 2.50. The zero-order valence-corrected chi connectivity index (χ0v) is 10.3. The highest BCUT2D eigenvalue weighted by Crippen LogP contribution is 2.14. The maximum Gasteiger partial charge on any atom is 0.0408 e. The van der Waals surface area contributed by atoms with E-state index in [2.05, 4.69) is 24.4 Å². The number of hydrogen-bond donors (Lipinski definition) is 1. The molecule has 84 valence electrons. The molecule has 0 spiro atoms. The molecular formula is C13H20ClN. The summed E-state index contributed by atoms with van der Waals surface area (Å²) in [4.78, 5) is 0. The van der Waals surface area contributed by atoms with Crippen LogP contribution in [0.5, 0.6) is 0 Å². The summed E-state index contributed by atoms with van der Waals surface area (Å²) in [5, 5.41) is 4.19. The monoisotopic (exact) mass is 225 g/mol. The van der Waals surface area contributed by atoms with Gasteiger partial charge in [0, 0.05) is 11.1 Å². The summed E-state index contributed by atoms with van der Waals surface area (Å²) < 4.78 is 0. The standard InChI is InChI=1S/C13H20ClN/c1-3-4-8-13(15-2)10-11-6-5-7-12(14)9-11/h5-7,9,13,15H,3-4,8,10H2,1-2H3. The van der Waals surface area contributed by atoms with E-state index in [-0.39, 0.29) is 0 Å². The Bertz CT molecular complexity index is 286. The summed E-state index contributed by atoms with van der Waals surface area (Å²) in [7, 11) is 2.03. The maximum absolute atomic E-state index is 5.96. The molecule has 1 unspecified atom stereocenters. The fourth-order valence-electron chi connectivity index (χ4n) is 1.75. The molecule has 2 heteroatoms. The number of rotatable bonds is 6. The van der Waals surface area contributed by atoms with Gasteiger partial charge in [-0.05, 0) is 37.6 Å². The van der Waals surface area contributed by atoms with Crippen LogP contribution in [0.3, 0.4) is 0 Å². The smallest absolute Gasteiger partial charge is 0.0408 e. The molecule has 0 aliphatic rings. The molecule has 1 rings (SSSR count). The average Bonchev–Trinajstić information content (AvgIpc) is 2.24. The average molecular weight is 226 g/mol. The van der Waals surface area contributed by atoms with Crippen molar-refractivity contribution in [1.29, 1.82) is 0 Å². The van der Waals surface area contributed by atoms with Gasteiger partial charge in [0.05, 0.1) is 0 Å². The van der Waals surface area contributed by atoms with Gasteiger partial charge in [0.1, 0.15) is 0 Å². The topological polar surface area (TPSA) is 12.0 Å². The normalized spacial score (nSPS) is 12.7. The molecule has 0 saturated heterocycles. The Labute approximate surface area is 97.8 Å². The minimum Gasteiger partial charge on any atom is -0.317 e. The van der Waals surface area contributed by atoms with Crippen molar-refractivity contribution in [3.8, 4) is 0 Å². The van der Waals surface area contributed by atoms with Gasteiger partial charge in [0.15, 0.2) is 0 Å². The van der Waals surface area contributed by atoms with Crippen molar-refractivity contribution in [3.63, 3.8) is 0 Å². The lowest BCUT2D eigenvalue weighted by Gasteiger charge is -2.15. The van der Waals surface area contributed by atoms with E-state index in [0.717, 1.165) is 11.4 Å². The molecule has 1 aromatic carbocycles. The van der Waals surface area contributed by atoms with Gasteiger partial charge in [-0.2, -0.15) is 0 Å². The molecule has 0 saturated carbocycles. The van der Waals surface area contributed by atoms with Crippen LogP contribution in [0.15, 0.2) is 24.3 Å². The Morgan fingerprint density at radius 1 is 1.40 bits per heavy atom. The molecule has 1 aromatic rings. The van der Waals surface area contributed by atoms with Crippen LogP contribution in [-0.4, -0.2) is 13.1 Å². The van der Waals surface area contributed by atoms with E-state index in [0.29, 0.717) is 6.04 Å². The second kappa shape index (κ2) is 6.86. The number of halogens is 1. The first-order valence-electron chi connectivity index (χ1n) is 5.68. The maximum atomic E-state index is 5.96. The molecule has 0 aliphatic heterocycles. The highest BCUT2D eigenvalue weighted by Gasteiger charge is 2.06. The Morgan fingerprint density at radius 3 is 2.80 bits per heavy atom. The van der Waals surface area contributed by atoms with Crippen LogP contribution in [0, 0.1) is 0 Å². The minimum absolute atomic E-state index is 0.573. The number of unbranched alkanes of at least 4 members (excludes halogenated alkanes) is 1. The molecule has 0 aliphatic carbocycles.